The predicted molar refractivity (Wildman–Crippen MR) is 114 cm³/mol. The number of carbonyl (C=O) groups is 3. The van der Waals surface area contributed by atoms with Crippen LogP contribution in [-0.4, -0.2) is 57.2 Å². The van der Waals surface area contributed by atoms with Gasteiger partial charge in [0.25, 0.3) is 10.1 Å². The van der Waals surface area contributed by atoms with E-state index in [1.807, 2.05) is 0 Å². The van der Waals surface area contributed by atoms with E-state index < -0.39 is 28.4 Å². The van der Waals surface area contributed by atoms with Gasteiger partial charge in [0.1, 0.15) is 12.4 Å². The molecule has 1 N–H and O–H groups in total. The Hall–Kier alpha value is -1.02. The molecule has 0 aromatic heterocycles. The Morgan fingerprint density at radius 2 is 1.32 bits per heavy atom. The van der Waals surface area contributed by atoms with Crippen LogP contribution in [0.3, 0.4) is 0 Å². The first-order valence-electron chi connectivity index (χ1n) is 7.52. The Kier molecular flexibility index (Phi) is 8.62. The Balaban J connectivity index is 3.64. The molecule has 13 heteroatoms. The number of hydrogen-bond donors (Lipinski definition) is 1. The summed E-state index contributed by atoms with van der Waals surface area (Å²) in [5, 5.41) is 0. The summed E-state index contributed by atoms with van der Waals surface area (Å²) in [6.45, 7) is 2.06. The molecule has 0 radical (unpaired) electrons. The fourth-order valence-corrected chi connectivity index (χ4v) is 5.70. The molecule has 0 fully saturated rings. The second kappa shape index (κ2) is 9.65. The molecule has 0 aliphatic carbocycles. The minimum atomic E-state index is -4.31. The summed E-state index contributed by atoms with van der Waals surface area (Å²) in [7, 11) is -1.35. The summed E-state index contributed by atoms with van der Waals surface area (Å²) in [6.07, 6.45) is 0. The molecular weight excluding hydrogens is 592 g/mol. The number of anilines is 2. The van der Waals surface area contributed by atoms with Gasteiger partial charge in [0.15, 0.2) is 0 Å². The van der Waals surface area contributed by atoms with Crippen molar-refractivity contribution in [3.05, 3.63) is 19.0 Å². The first kappa shape index (κ1) is 25.0. The van der Waals surface area contributed by atoms with Crippen molar-refractivity contribution in [1.82, 2.24) is 0 Å². The van der Waals surface area contributed by atoms with Crippen molar-refractivity contribution in [3.8, 4) is 0 Å². The first-order valence-corrected chi connectivity index (χ1v) is 11.5. The van der Waals surface area contributed by atoms with Gasteiger partial charge >= 0.3 is 5.97 Å². The van der Waals surface area contributed by atoms with Crippen molar-refractivity contribution in [3.63, 3.8) is 0 Å². The summed E-state index contributed by atoms with van der Waals surface area (Å²) in [5.74, 6) is -2.38. The number of carbonyl (C=O) groups excluding carboxylic acids is 3. The van der Waals surface area contributed by atoms with Crippen molar-refractivity contribution in [2.45, 2.75) is 13.8 Å². The van der Waals surface area contributed by atoms with Gasteiger partial charge in [-0.3, -0.25) is 14.1 Å². The molecular formula is C15H17Br3N2O7S. The molecule has 9 nitrogen and oxygen atoms in total. The molecule has 0 saturated carbocycles. The molecule has 0 aliphatic heterocycles. The highest BCUT2D eigenvalue weighted by atomic mass is 79.9. The topological polar surface area (TPSA) is 121 Å². The maximum atomic E-state index is 12.6. The lowest BCUT2D eigenvalue weighted by atomic mass is 10.1. The maximum Gasteiger partial charge on any atom is 0.340 e. The Morgan fingerprint density at radius 3 is 1.64 bits per heavy atom. The molecule has 2 amide bonds. The van der Waals surface area contributed by atoms with E-state index in [1.54, 1.807) is 0 Å². The van der Waals surface area contributed by atoms with Crippen molar-refractivity contribution >= 4 is 87.1 Å². The van der Waals surface area contributed by atoms with Crippen LogP contribution in [0.5, 0.6) is 0 Å². The molecule has 0 saturated heterocycles. The third kappa shape index (κ3) is 5.75. The molecule has 1 aromatic rings. The second-order valence-corrected chi connectivity index (χ2v) is 9.54. The molecule has 0 atom stereocenters. The number of esters is 1. The minimum absolute atomic E-state index is 0.0651. The van der Waals surface area contributed by atoms with Crippen molar-refractivity contribution in [2.75, 3.05) is 36.3 Å². The Labute approximate surface area is 187 Å². The molecule has 1 rings (SSSR count). The number of nitrogens with zero attached hydrogens (tertiary/aromatic N) is 2. The van der Waals surface area contributed by atoms with Crippen LogP contribution in [0.4, 0.5) is 11.4 Å². The first-order chi connectivity index (χ1) is 12.7. The Morgan fingerprint density at radius 1 is 0.929 bits per heavy atom. The van der Waals surface area contributed by atoms with Crippen LogP contribution in [0, 0.1) is 0 Å². The number of amides is 2. The summed E-state index contributed by atoms with van der Waals surface area (Å²) >= 11 is 9.93. The van der Waals surface area contributed by atoms with Gasteiger partial charge in [-0.2, -0.15) is 8.42 Å². The van der Waals surface area contributed by atoms with Crippen LogP contribution < -0.4 is 9.80 Å². The highest BCUT2D eigenvalue weighted by Gasteiger charge is 2.30. The highest BCUT2D eigenvalue weighted by molar-refractivity contribution is 9.12. The van der Waals surface area contributed by atoms with Crippen molar-refractivity contribution < 1.29 is 32.1 Å². The van der Waals surface area contributed by atoms with Crippen LogP contribution in [0.1, 0.15) is 24.2 Å². The van der Waals surface area contributed by atoms with E-state index in [0.717, 1.165) is 0 Å². The summed E-state index contributed by atoms with van der Waals surface area (Å²) in [6, 6.07) is 0. The fourth-order valence-electron chi connectivity index (χ4n) is 2.03. The monoisotopic (exact) mass is 606 g/mol. The van der Waals surface area contributed by atoms with Crippen LogP contribution >= 0.6 is 47.8 Å². The van der Waals surface area contributed by atoms with Gasteiger partial charge in [0.2, 0.25) is 11.8 Å². The largest absolute Gasteiger partial charge is 0.461 e. The summed E-state index contributed by atoms with van der Waals surface area (Å²) < 4.78 is 36.1. The molecule has 0 unspecified atom stereocenters. The van der Waals surface area contributed by atoms with E-state index >= 15 is 0 Å². The maximum absolute atomic E-state index is 12.6. The van der Waals surface area contributed by atoms with Crippen molar-refractivity contribution in [2.24, 2.45) is 0 Å². The SMILES string of the molecule is CC(=O)N(C)c1c(Br)c(C(=O)OCCS(=O)(=O)O)c(Br)c(N(C)C(C)=O)c1Br. The minimum Gasteiger partial charge on any atom is -0.461 e. The smallest absolute Gasteiger partial charge is 0.340 e. The van der Waals surface area contributed by atoms with Crippen LogP contribution in [0.2, 0.25) is 0 Å². The van der Waals surface area contributed by atoms with Crippen LogP contribution in [0.25, 0.3) is 0 Å². The molecule has 0 spiro atoms. The van der Waals surface area contributed by atoms with Gasteiger partial charge in [0.05, 0.1) is 30.4 Å². The summed E-state index contributed by atoms with van der Waals surface area (Å²) in [5.41, 5.74) is 0.464. The van der Waals surface area contributed by atoms with Gasteiger partial charge < -0.3 is 14.5 Å². The zero-order valence-corrected chi connectivity index (χ0v) is 20.8. The van der Waals surface area contributed by atoms with Gasteiger partial charge in [-0.05, 0) is 47.8 Å². The lowest BCUT2D eigenvalue weighted by molar-refractivity contribution is -0.117. The predicted octanol–water partition coefficient (Wildman–Crippen LogP) is 2.98. The number of halogens is 3. The number of ether oxygens (including phenoxy) is 1. The normalized spacial score (nSPS) is 11.1. The number of rotatable bonds is 6. The third-order valence-electron chi connectivity index (χ3n) is 3.66. The standard InChI is InChI=1S/C15H17Br3N2O7S/c1-7(21)19(3)13-10(16)9(15(23)27-5-6-28(24,25)26)11(17)14(12(13)18)20(4)8(2)22/h5-6H2,1-4H3,(H,24,25,26). The van der Waals surface area contributed by atoms with Gasteiger partial charge in [-0.25, -0.2) is 4.79 Å². The lowest BCUT2D eigenvalue weighted by Crippen LogP contribution is -2.28. The Bertz CT molecular complexity index is 887. The average Bonchev–Trinajstić information content (AvgIpc) is 2.52. The van der Waals surface area contributed by atoms with Crippen molar-refractivity contribution in [1.29, 1.82) is 0 Å². The molecule has 0 heterocycles. The van der Waals surface area contributed by atoms with E-state index in [1.165, 1.54) is 37.7 Å². The molecule has 0 aliphatic rings. The van der Waals surface area contributed by atoms with E-state index in [2.05, 4.69) is 47.8 Å². The van der Waals surface area contributed by atoms with Gasteiger partial charge in [0, 0.05) is 27.9 Å². The van der Waals surface area contributed by atoms with E-state index in [4.69, 9.17) is 9.29 Å². The van der Waals surface area contributed by atoms with Gasteiger partial charge in [-0.15, -0.1) is 0 Å². The summed E-state index contributed by atoms with van der Waals surface area (Å²) in [4.78, 5) is 38.9. The fraction of sp³-hybridized carbons (Fsp3) is 0.400. The van der Waals surface area contributed by atoms with E-state index in [9.17, 15) is 22.8 Å². The number of benzene rings is 1. The molecule has 156 valence electrons. The van der Waals surface area contributed by atoms with Crippen LogP contribution in [0.15, 0.2) is 13.4 Å². The molecule has 28 heavy (non-hydrogen) atoms. The van der Waals surface area contributed by atoms with E-state index in [0.29, 0.717) is 4.47 Å². The zero-order chi connectivity index (χ0) is 22.0. The molecule has 1 aromatic carbocycles. The third-order valence-corrected chi connectivity index (χ3v) is 6.64. The van der Waals surface area contributed by atoms with E-state index in [-0.39, 0.29) is 37.7 Å². The molecule has 0 bridgehead atoms. The number of hydrogen-bond acceptors (Lipinski definition) is 6. The lowest BCUT2D eigenvalue weighted by Gasteiger charge is -2.27. The second-order valence-electron chi connectivity index (χ2n) is 5.59. The van der Waals surface area contributed by atoms with Crippen LogP contribution in [-0.2, 0) is 24.4 Å². The van der Waals surface area contributed by atoms with Gasteiger partial charge in [-0.1, -0.05) is 0 Å². The quantitative estimate of drug-likeness (QED) is 0.389. The highest BCUT2D eigenvalue weighted by Crippen LogP contribution is 2.48. The zero-order valence-electron chi connectivity index (χ0n) is 15.2. The average molecular weight is 609 g/mol.